The van der Waals surface area contributed by atoms with E-state index in [4.69, 9.17) is 4.74 Å². The molecule has 1 N–H and O–H groups in total. The molecule has 0 saturated carbocycles. The molecule has 2 aromatic rings. The highest BCUT2D eigenvalue weighted by atomic mass is 16.5. The van der Waals surface area contributed by atoms with Crippen LogP contribution in [-0.2, 0) is 23.9 Å². The predicted molar refractivity (Wildman–Crippen MR) is 124 cm³/mol. The summed E-state index contributed by atoms with van der Waals surface area (Å²) in [5.41, 5.74) is 0.810. The minimum absolute atomic E-state index is 0.162. The highest BCUT2D eigenvalue weighted by Gasteiger charge is 2.73. The molecule has 3 aliphatic heterocycles. The maximum atomic E-state index is 14.0. The monoisotopic (exact) mass is 461 g/mol. The molecule has 0 spiro atoms. The van der Waals surface area contributed by atoms with Crippen molar-refractivity contribution in [3.05, 3.63) is 65.7 Å². The van der Waals surface area contributed by atoms with Crippen LogP contribution in [0.25, 0.3) is 0 Å². The number of benzene rings is 2. The normalized spacial score (nSPS) is 28.5. The van der Waals surface area contributed by atoms with Crippen molar-refractivity contribution in [2.24, 2.45) is 11.8 Å². The van der Waals surface area contributed by atoms with Gasteiger partial charge in [-0.25, -0.2) is 4.90 Å². The van der Waals surface area contributed by atoms with Gasteiger partial charge in [0.05, 0.1) is 30.6 Å². The molecule has 176 valence electrons. The van der Waals surface area contributed by atoms with Crippen molar-refractivity contribution >= 4 is 29.4 Å². The second kappa shape index (κ2) is 8.36. The lowest BCUT2D eigenvalue weighted by Crippen LogP contribution is -2.67. The lowest BCUT2D eigenvalue weighted by Gasteiger charge is -2.45. The molecule has 3 amide bonds. The molecule has 3 fully saturated rings. The summed E-state index contributed by atoms with van der Waals surface area (Å²) in [5, 5.41) is 2.85. The number of piperazine rings is 1. The van der Waals surface area contributed by atoms with E-state index >= 15 is 0 Å². The van der Waals surface area contributed by atoms with Crippen LogP contribution in [0.5, 0.6) is 0 Å². The SMILES string of the molecule is CCOC(=O)CC12C(=O)NCCN1C(c1ccccc1)C1C(=O)N(c3ccc(C)cc3)C(=O)C12. The zero-order valence-corrected chi connectivity index (χ0v) is 19.2. The molecule has 2 aromatic carbocycles. The van der Waals surface area contributed by atoms with Crippen molar-refractivity contribution < 1.29 is 23.9 Å². The average molecular weight is 462 g/mol. The summed E-state index contributed by atoms with van der Waals surface area (Å²) in [7, 11) is 0. The van der Waals surface area contributed by atoms with Crippen LogP contribution in [0.1, 0.15) is 30.5 Å². The van der Waals surface area contributed by atoms with Gasteiger partial charge in [-0.3, -0.25) is 24.1 Å². The van der Waals surface area contributed by atoms with Gasteiger partial charge in [0, 0.05) is 19.1 Å². The van der Waals surface area contributed by atoms with Gasteiger partial charge in [-0.05, 0) is 31.5 Å². The number of hydrogen-bond donors (Lipinski definition) is 1. The first-order valence-corrected chi connectivity index (χ1v) is 11.6. The Morgan fingerprint density at radius 3 is 2.44 bits per heavy atom. The molecular weight excluding hydrogens is 434 g/mol. The number of nitrogens with one attached hydrogen (secondary N) is 1. The number of carbonyl (C=O) groups is 4. The van der Waals surface area contributed by atoms with Crippen LogP contribution in [0.3, 0.4) is 0 Å². The van der Waals surface area contributed by atoms with E-state index in [0.717, 1.165) is 11.1 Å². The van der Waals surface area contributed by atoms with Gasteiger partial charge in [-0.1, -0.05) is 48.0 Å². The van der Waals surface area contributed by atoms with E-state index in [1.807, 2.05) is 54.3 Å². The topological polar surface area (TPSA) is 96.0 Å². The Kier molecular flexibility index (Phi) is 5.48. The summed E-state index contributed by atoms with van der Waals surface area (Å²) in [6, 6.07) is 16.1. The molecule has 8 heteroatoms. The quantitative estimate of drug-likeness (QED) is 0.540. The molecular formula is C26H27N3O5. The summed E-state index contributed by atoms with van der Waals surface area (Å²) < 4.78 is 5.22. The molecule has 5 rings (SSSR count). The number of rotatable bonds is 5. The van der Waals surface area contributed by atoms with Crippen LogP contribution in [-0.4, -0.2) is 53.8 Å². The van der Waals surface area contributed by atoms with Crippen molar-refractivity contribution in [3.63, 3.8) is 0 Å². The van der Waals surface area contributed by atoms with Crippen LogP contribution in [0.2, 0.25) is 0 Å². The fraction of sp³-hybridized carbons (Fsp3) is 0.385. The minimum atomic E-state index is -1.50. The van der Waals surface area contributed by atoms with Gasteiger partial charge in [0.15, 0.2) is 0 Å². The second-order valence-electron chi connectivity index (χ2n) is 9.06. The number of anilines is 1. The largest absolute Gasteiger partial charge is 0.466 e. The van der Waals surface area contributed by atoms with Crippen LogP contribution in [0.15, 0.2) is 54.6 Å². The number of nitrogens with zero attached hydrogens (tertiary/aromatic N) is 2. The lowest BCUT2D eigenvalue weighted by molar-refractivity contribution is -0.156. The van der Waals surface area contributed by atoms with Crippen molar-refractivity contribution in [1.29, 1.82) is 0 Å². The van der Waals surface area contributed by atoms with Gasteiger partial charge >= 0.3 is 5.97 Å². The molecule has 0 aromatic heterocycles. The molecule has 0 bridgehead atoms. The third-order valence-corrected chi connectivity index (χ3v) is 7.24. The third kappa shape index (κ3) is 3.16. The van der Waals surface area contributed by atoms with E-state index in [0.29, 0.717) is 18.8 Å². The molecule has 8 nitrogen and oxygen atoms in total. The van der Waals surface area contributed by atoms with Crippen molar-refractivity contribution in [1.82, 2.24) is 10.2 Å². The molecule has 4 unspecified atom stereocenters. The van der Waals surface area contributed by atoms with E-state index in [9.17, 15) is 19.2 Å². The molecule has 4 atom stereocenters. The Balaban J connectivity index is 1.68. The molecule has 3 aliphatic rings. The molecule has 3 heterocycles. The fourth-order valence-electron chi connectivity index (χ4n) is 5.90. The van der Waals surface area contributed by atoms with Crippen molar-refractivity contribution in [2.75, 3.05) is 24.6 Å². The molecule has 3 saturated heterocycles. The first-order chi connectivity index (χ1) is 16.4. The molecule has 0 radical (unpaired) electrons. The molecule has 0 aliphatic carbocycles. The maximum Gasteiger partial charge on any atom is 0.308 e. The van der Waals surface area contributed by atoms with Crippen LogP contribution in [0.4, 0.5) is 5.69 Å². The standard InChI is InChI=1S/C26H27N3O5/c1-3-34-19(30)15-26-21-20(23(31)29(24(21)32)18-11-9-16(2)10-12-18)22(17-7-5-4-6-8-17)28(26)14-13-27-25(26)33/h4-12,20-22H,3,13-15H2,1-2H3,(H,27,33). The Morgan fingerprint density at radius 1 is 1.06 bits per heavy atom. The number of esters is 1. The van der Waals surface area contributed by atoms with Gasteiger partial charge in [-0.15, -0.1) is 0 Å². The summed E-state index contributed by atoms with van der Waals surface area (Å²) in [6.07, 6.45) is -0.294. The Bertz CT molecular complexity index is 1150. The zero-order chi connectivity index (χ0) is 24.0. The predicted octanol–water partition coefficient (Wildman–Crippen LogP) is 1.98. The zero-order valence-electron chi connectivity index (χ0n) is 19.2. The van der Waals surface area contributed by atoms with Crippen LogP contribution < -0.4 is 10.2 Å². The van der Waals surface area contributed by atoms with E-state index in [-0.39, 0.29) is 18.9 Å². The number of imide groups is 1. The van der Waals surface area contributed by atoms with Gasteiger partial charge in [0.25, 0.3) is 0 Å². The van der Waals surface area contributed by atoms with E-state index in [1.54, 1.807) is 19.1 Å². The summed E-state index contributed by atoms with van der Waals surface area (Å²) >= 11 is 0. The number of ether oxygens (including phenoxy) is 1. The van der Waals surface area contributed by atoms with Crippen molar-refractivity contribution in [3.8, 4) is 0 Å². The number of fused-ring (bicyclic) bond motifs is 3. The smallest absolute Gasteiger partial charge is 0.308 e. The van der Waals surface area contributed by atoms with E-state index in [1.165, 1.54) is 4.90 Å². The Labute approximate surface area is 197 Å². The number of aryl methyl sites for hydroxylation is 1. The Hall–Kier alpha value is -3.52. The van der Waals surface area contributed by atoms with E-state index in [2.05, 4.69) is 5.32 Å². The lowest BCUT2D eigenvalue weighted by atomic mass is 9.76. The molecule has 34 heavy (non-hydrogen) atoms. The highest BCUT2D eigenvalue weighted by molar-refractivity contribution is 6.24. The number of hydrogen-bond acceptors (Lipinski definition) is 6. The fourth-order valence-corrected chi connectivity index (χ4v) is 5.90. The Morgan fingerprint density at radius 2 is 1.76 bits per heavy atom. The van der Waals surface area contributed by atoms with Gasteiger partial charge in [0.2, 0.25) is 17.7 Å². The van der Waals surface area contributed by atoms with Gasteiger partial charge in [-0.2, -0.15) is 0 Å². The number of carbonyl (C=O) groups excluding carboxylic acids is 4. The maximum absolute atomic E-state index is 14.0. The van der Waals surface area contributed by atoms with E-state index < -0.39 is 41.2 Å². The summed E-state index contributed by atoms with van der Waals surface area (Å²) in [5.74, 6) is -3.58. The first kappa shape index (κ1) is 22.3. The average Bonchev–Trinajstić information content (AvgIpc) is 3.26. The summed E-state index contributed by atoms with van der Waals surface area (Å²) in [6.45, 7) is 4.58. The van der Waals surface area contributed by atoms with Crippen LogP contribution >= 0.6 is 0 Å². The van der Waals surface area contributed by atoms with Crippen LogP contribution in [0, 0.1) is 18.8 Å². The minimum Gasteiger partial charge on any atom is -0.466 e. The summed E-state index contributed by atoms with van der Waals surface area (Å²) in [4.78, 5) is 57.3. The number of amides is 3. The first-order valence-electron chi connectivity index (χ1n) is 11.6. The second-order valence-corrected chi connectivity index (χ2v) is 9.06. The van der Waals surface area contributed by atoms with Gasteiger partial charge in [0.1, 0.15) is 5.54 Å². The van der Waals surface area contributed by atoms with Gasteiger partial charge < -0.3 is 10.1 Å². The highest BCUT2D eigenvalue weighted by Crippen LogP contribution is 2.57. The van der Waals surface area contributed by atoms with Crippen molar-refractivity contribution in [2.45, 2.75) is 31.8 Å². The third-order valence-electron chi connectivity index (χ3n) is 7.24.